The number of anilines is 2. The van der Waals surface area contributed by atoms with Gasteiger partial charge in [0.15, 0.2) is 22.6 Å². The number of benzene rings is 2. The minimum absolute atomic E-state index is 0.165. The molecule has 2 rings (SSSR count). The average Bonchev–Trinajstić information content (AvgIpc) is 2.53. The summed E-state index contributed by atoms with van der Waals surface area (Å²) in [6, 6.07) is 5.42. The number of thiocarbonyl (C=S) groups is 1. The van der Waals surface area contributed by atoms with E-state index in [9.17, 15) is 28.1 Å². The van der Waals surface area contributed by atoms with E-state index in [0.29, 0.717) is 11.8 Å². The van der Waals surface area contributed by atoms with Crippen molar-refractivity contribution in [2.75, 3.05) is 10.6 Å². The lowest BCUT2D eigenvalue weighted by Crippen LogP contribution is -2.21. The van der Waals surface area contributed by atoms with Crippen LogP contribution in [0.25, 0.3) is 0 Å². The molecule has 0 saturated carbocycles. The second kappa shape index (κ2) is 7.13. The lowest BCUT2D eigenvalue weighted by atomic mass is 10.1. The van der Waals surface area contributed by atoms with Crippen molar-refractivity contribution in [2.24, 2.45) is 0 Å². The van der Waals surface area contributed by atoms with E-state index in [2.05, 4.69) is 10.6 Å². The molecule has 11 heteroatoms. The molecule has 25 heavy (non-hydrogen) atoms. The van der Waals surface area contributed by atoms with Gasteiger partial charge in [0, 0.05) is 23.9 Å². The van der Waals surface area contributed by atoms with Crippen molar-refractivity contribution in [1.29, 1.82) is 0 Å². The topological polar surface area (TPSA) is 104 Å². The number of rotatable bonds is 4. The molecule has 0 aliphatic heterocycles. The molecule has 0 heterocycles. The Morgan fingerprint density at radius 2 is 1.72 bits per heavy atom. The van der Waals surface area contributed by atoms with Gasteiger partial charge in [-0.05, 0) is 24.4 Å². The molecule has 0 aliphatic carbocycles. The standard InChI is InChI=1S/C14H8F3N3O4S/c15-8-5-9(12(17)10(11(8)16)13(21)22)19-14(25)18-6-1-3-7(4-2-6)20(23)24/h1-5H,(H,21,22)(H2,18,19,25). The second-order valence-electron chi connectivity index (χ2n) is 4.60. The Kier molecular flexibility index (Phi) is 5.17. The largest absolute Gasteiger partial charge is 0.477 e. The number of hydrogen-bond donors (Lipinski definition) is 3. The lowest BCUT2D eigenvalue weighted by molar-refractivity contribution is -0.384. The number of aromatic carboxylic acids is 1. The monoisotopic (exact) mass is 371 g/mol. The lowest BCUT2D eigenvalue weighted by Gasteiger charge is -2.13. The first-order valence-electron chi connectivity index (χ1n) is 6.44. The van der Waals surface area contributed by atoms with Crippen LogP contribution in [0, 0.1) is 27.6 Å². The normalized spacial score (nSPS) is 10.2. The summed E-state index contributed by atoms with van der Waals surface area (Å²) >= 11 is 4.86. The van der Waals surface area contributed by atoms with Crippen LogP contribution >= 0.6 is 12.2 Å². The van der Waals surface area contributed by atoms with Crippen LogP contribution in [0.3, 0.4) is 0 Å². The highest BCUT2D eigenvalue weighted by Crippen LogP contribution is 2.24. The summed E-state index contributed by atoms with van der Waals surface area (Å²) in [4.78, 5) is 20.8. The number of carbonyl (C=O) groups is 1. The van der Waals surface area contributed by atoms with Crippen molar-refractivity contribution in [3.8, 4) is 0 Å². The number of nitrogens with zero attached hydrogens (tertiary/aromatic N) is 1. The van der Waals surface area contributed by atoms with Crippen molar-refractivity contribution < 1.29 is 28.0 Å². The number of nitrogens with one attached hydrogen (secondary N) is 2. The van der Waals surface area contributed by atoms with E-state index in [1.807, 2.05) is 0 Å². The van der Waals surface area contributed by atoms with Gasteiger partial charge in [0.2, 0.25) is 0 Å². The maximum Gasteiger partial charge on any atom is 0.341 e. The highest BCUT2D eigenvalue weighted by molar-refractivity contribution is 7.80. The fourth-order valence-electron chi connectivity index (χ4n) is 1.83. The zero-order chi connectivity index (χ0) is 18.7. The van der Waals surface area contributed by atoms with Crippen molar-refractivity contribution in [3.63, 3.8) is 0 Å². The zero-order valence-electron chi connectivity index (χ0n) is 12.0. The van der Waals surface area contributed by atoms with Gasteiger partial charge in [-0.1, -0.05) is 0 Å². The number of halogens is 3. The Hall–Kier alpha value is -3.21. The van der Waals surface area contributed by atoms with Gasteiger partial charge < -0.3 is 15.7 Å². The predicted molar refractivity (Wildman–Crippen MR) is 86.2 cm³/mol. The number of nitro groups is 1. The van der Waals surface area contributed by atoms with E-state index in [1.54, 1.807) is 0 Å². The molecule has 130 valence electrons. The van der Waals surface area contributed by atoms with Gasteiger partial charge in [-0.2, -0.15) is 0 Å². The first kappa shape index (κ1) is 18.1. The smallest absolute Gasteiger partial charge is 0.341 e. The summed E-state index contributed by atoms with van der Waals surface area (Å²) in [5, 5.41) is 23.8. The van der Waals surface area contributed by atoms with Gasteiger partial charge in [-0.3, -0.25) is 10.1 Å². The zero-order valence-corrected chi connectivity index (χ0v) is 12.9. The van der Waals surface area contributed by atoms with E-state index in [-0.39, 0.29) is 10.8 Å². The summed E-state index contributed by atoms with van der Waals surface area (Å²) in [5.74, 6) is -6.91. The van der Waals surface area contributed by atoms with Gasteiger partial charge >= 0.3 is 5.97 Å². The second-order valence-corrected chi connectivity index (χ2v) is 5.01. The molecule has 0 aromatic heterocycles. The first-order valence-corrected chi connectivity index (χ1v) is 6.84. The Bertz CT molecular complexity index is 875. The molecule has 0 fully saturated rings. The third kappa shape index (κ3) is 4.01. The van der Waals surface area contributed by atoms with Crippen molar-refractivity contribution in [3.05, 3.63) is 63.5 Å². The van der Waals surface area contributed by atoms with E-state index in [0.717, 1.165) is 0 Å². The molecule has 2 aromatic carbocycles. The van der Waals surface area contributed by atoms with Gasteiger partial charge in [-0.25, -0.2) is 18.0 Å². The predicted octanol–water partition coefficient (Wildman–Crippen LogP) is 3.52. The molecule has 7 nitrogen and oxygen atoms in total. The van der Waals surface area contributed by atoms with Gasteiger partial charge in [0.05, 0.1) is 10.6 Å². The number of nitro benzene ring substituents is 1. The van der Waals surface area contributed by atoms with Crippen LogP contribution in [0.15, 0.2) is 30.3 Å². The molecule has 0 radical (unpaired) electrons. The van der Waals surface area contributed by atoms with Crippen LogP contribution in [-0.2, 0) is 0 Å². The molecule has 0 bridgehead atoms. The molecular weight excluding hydrogens is 363 g/mol. The van der Waals surface area contributed by atoms with Gasteiger partial charge in [0.25, 0.3) is 5.69 Å². The summed E-state index contributed by atoms with van der Waals surface area (Å²) < 4.78 is 40.8. The Balaban J connectivity index is 2.20. The summed E-state index contributed by atoms with van der Waals surface area (Å²) in [6.45, 7) is 0. The highest BCUT2D eigenvalue weighted by Gasteiger charge is 2.24. The number of hydrogen-bond acceptors (Lipinski definition) is 4. The Labute approximate surface area is 143 Å². The highest BCUT2D eigenvalue weighted by atomic mass is 32.1. The SMILES string of the molecule is O=C(O)c1c(F)c(F)cc(NC(=S)Nc2ccc([N+](=O)[O-])cc2)c1F. The van der Waals surface area contributed by atoms with Crippen LogP contribution in [0.1, 0.15) is 10.4 Å². The fraction of sp³-hybridized carbons (Fsp3) is 0. The number of carboxylic acids is 1. The maximum atomic E-state index is 14.0. The van der Waals surface area contributed by atoms with E-state index >= 15 is 0 Å². The fourth-order valence-corrected chi connectivity index (χ4v) is 2.06. The number of non-ortho nitro benzene ring substituents is 1. The number of carboxylic acid groups (broad SMARTS) is 1. The van der Waals surface area contributed by atoms with Crippen molar-refractivity contribution in [2.45, 2.75) is 0 Å². The molecule has 0 unspecified atom stereocenters. The van der Waals surface area contributed by atoms with Crippen LogP contribution in [0.2, 0.25) is 0 Å². The summed E-state index contributed by atoms with van der Waals surface area (Å²) in [5.41, 5.74) is -2.01. The van der Waals surface area contributed by atoms with Crippen LogP contribution in [0.4, 0.5) is 30.2 Å². The third-order valence-corrected chi connectivity index (χ3v) is 3.16. The molecule has 2 aromatic rings. The maximum absolute atomic E-state index is 14.0. The Morgan fingerprint density at radius 3 is 2.24 bits per heavy atom. The summed E-state index contributed by atoms with van der Waals surface area (Å²) in [6.07, 6.45) is 0. The minimum Gasteiger partial charge on any atom is -0.477 e. The molecule has 0 spiro atoms. The quantitative estimate of drug-likeness (QED) is 0.327. The minimum atomic E-state index is -1.98. The van der Waals surface area contributed by atoms with E-state index in [1.165, 1.54) is 24.3 Å². The molecule has 0 aliphatic rings. The van der Waals surface area contributed by atoms with E-state index in [4.69, 9.17) is 17.3 Å². The molecule has 0 atom stereocenters. The average molecular weight is 371 g/mol. The van der Waals surface area contributed by atoms with Gasteiger partial charge in [0.1, 0.15) is 5.56 Å². The Morgan fingerprint density at radius 1 is 1.12 bits per heavy atom. The molecule has 0 saturated heterocycles. The third-order valence-electron chi connectivity index (χ3n) is 2.95. The molecule has 0 amide bonds. The van der Waals surface area contributed by atoms with Crippen molar-refractivity contribution in [1.82, 2.24) is 0 Å². The first-order chi connectivity index (χ1) is 11.7. The van der Waals surface area contributed by atoms with Crippen LogP contribution < -0.4 is 10.6 Å². The molecular formula is C14H8F3N3O4S. The van der Waals surface area contributed by atoms with Crippen molar-refractivity contribution >= 4 is 40.4 Å². The van der Waals surface area contributed by atoms with Gasteiger partial charge in [-0.15, -0.1) is 0 Å². The summed E-state index contributed by atoms with van der Waals surface area (Å²) in [7, 11) is 0. The molecule has 3 N–H and O–H groups in total. The van der Waals surface area contributed by atoms with Crippen LogP contribution in [-0.4, -0.2) is 21.1 Å². The van der Waals surface area contributed by atoms with Crippen LogP contribution in [0.5, 0.6) is 0 Å². The van der Waals surface area contributed by atoms with E-state index < -0.39 is 39.6 Å².